The molecule has 0 saturated carbocycles. The smallest absolute Gasteiger partial charge is 0.308 e. The minimum atomic E-state index is -0.727. The average Bonchev–Trinajstić information content (AvgIpc) is 2.89. The highest BCUT2D eigenvalue weighted by Gasteiger charge is 2.26. The van der Waals surface area contributed by atoms with Crippen LogP contribution in [0.4, 0.5) is 5.82 Å². The summed E-state index contributed by atoms with van der Waals surface area (Å²) in [6.07, 6.45) is 2.37. The molecule has 2 aromatic rings. The summed E-state index contributed by atoms with van der Waals surface area (Å²) in [7, 11) is 0. The molecule has 1 unspecified atom stereocenters. The van der Waals surface area contributed by atoms with Crippen molar-refractivity contribution in [2.24, 2.45) is 5.92 Å². The molecule has 20 heavy (non-hydrogen) atoms. The van der Waals surface area contributed by atoms with E-state index >= 15 is 0 Å². The van der Waals surface area contributed by atoms with Crippen LogP contribution in [0.15, 0.2) is 12.1 Å². The van der Waals surface area contributed by atoms with Crippen LogP contribution < -0.4 is 4.90 Å². The van der Waals surface area contributed by atoms with Crippen LogP contribution in [0.3, 0.4) is 0 Å². The maximum atomic E-state index is 11.1. The van der Waals surface area contributed by atoms with Crippen molar-refractivity contribution in [3.05, 3.63) is 18.0 Å². The van der Waals surface area contributed by atoms with Gasteiger partial charge in [-0.05, 0) is 25.0 Å². The Labute approximate surface area is 116 Å². The number of piperidine rings is 1. The van der Waals surface area contributed by atoms with E-state index in [1.54, 1.807) is 4.52 Å². The number of carboxylic acids is 1. The van der Waals surface area contributed by atoms with E-state index in [0.717, 1.165) is 43.1 Å². The summed E-state index contributed by atoms with van der Waals surface area (Å²) in [6.45, 7) is 3.36. The Balaban J connectivity index is 1.91. The van der Waals surface area contributed by atoms with Crippen LogP contribution in [0.1, 0.15) is 25.6 Å². The third-order valence-electron chi connectivity index (χ3n) is 3.72. The van der Waals surface area contributed by atoms with Gasteiger partial charge in [-0.3, -0.25) is 4.79 Å². The summed E-state index contributed by atoms with van der Waals surface area (Å²) in [5.41, 5.74) is 0.720. The quantitative estimate of drug-likeness (QED) is 0.899. The fraction of sp³-hybridized carbons (Fsp3) is 0.538. The van der Waals surface area contributed by atoms with Crippen LogP contribution in [-0.2, 0) is 11.2 Å². The number of carboxylic acid groups (broad SMARTS) is 1. The van der Waals surface area contributed by atoms with Gasteiger partial charge in [0.05, 0.1) is 5.92 Å². The van der Waals surface area contributed by atoms with Gasteiger partial charge in [0.1, 0.15) is 5.82 Å². The van der Waals surface area contributed by atoms with E-state index in [1.807, 2.05) is 24.0 Å². The van der Waals surface area contributed by atoms with E-state index in [-0.39, 0.29) is 5.92 Å². The molecule has 2 aromatic heterocycles. The number of aromatic nitrogens is 4. The van der Waals surface area contributed by atoms with Gasteiger partial charge in [-0.2, -0.15) is 4.52 Å². The lowest BCUT2D eigenvalue weighted by molar-refractivity contribution is -0.141. The van der Waals surface area contributed by atoms with Gasteiger partial charge in [0.2, 0.25) is 0 Å². The molecule has 1 atom stereocenters. The molecule has 0 spiro atoms. The van der Waals surface area contributed by atoms with Crippen molar-refractivity contribution >= 4 is 17.4 Å². The van der Waals surface area contributed by atoms with Gasteiger partial charge in [0, 0.05) is 19.5 Å². The zero-order valence-electron chi connectivity index (χ0n) is 11.4. The minimum Gasteiger partial charge on any atom is -0.481 e. The molecular formula is C13H17N5O2. The van der Waals surface area contributed by atoms with Crippen LogP contribution in [0, 0.1) is 5.92 Å². The van der Waals surface area contributed by atoms with Gasteiger partial charge in [-0.15, -0.1) is 15.3 Å². The SMILES string of the molecule is CCc1nnc2ccc(N3CCCC(C(=O)O)C3)nn12. The first-order valence-electron chi connectivity index (χ1n) is 6.88. The first-order chi connectivity index (χ1) is 9.69. The van der Waals surface area contributed by atoms with Crippen molar-refractivity contribution in [3.63, 3.8) is 0 Å². The van der Waals surface area contributed by atoms with Crippen LogP contribution in [0.25, 0.3) is 5.65 Å². The molecule has 1 N–H and O–H groups in total. The maximum absolute atomic E-state index is 11.1. The number of fused-ring (bicyclic) bond motifs is 1. The highest BCUT2D eigenvalue weighted by Crippen LogP contribution is 2.22. The first-order valence-corrected chi connectivity index (χ1v) is 6.88. The van der Waals surface area contributed by atoms with E-state index in [9.17, 15) is 4.79 Å². The molecule has 7 nitrogen and oxygen atoms in total. The Bertz CT molecular complexity index is 639. The molecule has 1 aliphatic heterocycles. The summed E-state index contributed by atoms with van der Waals surface area (Å²) in [5.74, 6) is 0.564. The lowest BCUT2D eigenvalue weighted by Gasteiger charge is -2.31. The van der Waals surface area contributed by atoms with Crippen molar-refractivity contribution in [1.82, 2.24) is 19.8 Å². The van der Waals surface area contributed by atoms with Crippen LogP contribution >= 0.6 is 0 Å². The third-order valence-corrected chi connectivity index (χ3v) is 3.72. The summed E-state index contributed by atoms with van der Waals surface area (Å²) in [4.78, 5) is 13.2. The van der Waals surface area contributed by atoms with Gasteiger partial charge in [-0.1, -0.05) is 6.92 Å². The molecule has 0 radical (unpaired) electrons. The number of rotatable bonds is 3. The molecule has 7 heteroatoms. The fourth-order valence-corrected chi connectivity index (χ4v) is 2.60. The second-order valence-electron chi connectivity index (χ2n) is 5.05. The largest absolute Gasteiger partial charge is 0.481 e. The second-order valence-corrected chi connectivity index (χ2v) is 5.05. The minimum absolute atomic E-state index is 0.312. The number of anilines is 1. The van der Waals surface area contributed by atoms with Crippen LogP contribution in [0.2, 0.25) is 0 Å². The highest BCUT2D eigenvalue weighted by molar-refractivity contribution is 5.71. The van der Waals surface area contributed by atoms with Gasteiger partial charge < -0.3 is 10.0 Å². The Morgan fingerprint density at radius 3 is 3.05 bits per heavy atom. The van der Waals surface area contributed by atoms with Gasteiger partial charge in [0.25, 0.3) is 0 Å². The monoisotopic (exact) mass is 275 g/mol. The number of aryl methyl sites for hydroxylation is 1. The summed E-state index contributed by atoms with van der Waals surface area (Å²) in [6, 6.07) is 3.76. The zero-order chi connectivity index (χ0) is 14.1. The highest BCUT2D eigenvalue weighted by atomic mass is 16.4. The molecule has 1 aliphatic rings. The summed E-state index contributed by atoms with van der Waals surface area (Å²) >= 11 is 0. The van der Waals surface area contributed by atoms with Crippen molar-refractivity contribution in [2.45, 2.75) is 26.2 Å². The lowest BCUT2D eigenvalue weighted by Crippen LogP contribution is -2.39. The normalized spacial score (nSPS) is 19.4. The maximum Gasteiger partial charge on any atom is 0.308 e. The molecule has 106 valence electrons. The molecular weight excluding hydrogens is 258 g/mol. The predicted octanol–water partition coefficient (Wildman–Crippen LogP) is 0.988. The van der Waals surface area contributed by atoms with Crippen molar-refractivity contribution < 1.29 is 9.90 Å². The van der Waals surface area contributed by atoms with Gasteiger partial charge in [0.15, 0.2) is 11.5 Å². The second kappa shape index (κ2) is 5.07. The number of hydrogen-bond donors (Lipinski definition) is 1. The molecule has 1 fully saturated rings. The zero-order valence-corrected chi connectivity index (χ0v) is 11.4. The first kappa shape index (κ1) is 12.8. The van der Waals surface area contributed by atoms with E-state index in [0.29, 0.717) is 6.54 Å². The average molecular weight is 275 g/mol. The molecule has 0 amide bonds. The van der Waals surface area contributed by atoms with Gasteiger partial charge >= 0.3 is 5.97 Å². The van der Waals surface area contributed by atoms with E-state index in [1.165, 1.54) is 0 Å². The molecule has 0 aliphatic carbocycles. The molecule has 3 rings (SSSR count). The van der Waals surface area contributed by atoms with Crippen molar-refractivity contribution in [2.75, 3.05) is 18.0 Å². The van der Waals surface area contributed by atoms with E-state index in [4.69, 9.17) is 5.11 Å². The predicted molar refractivity (Wildman–Crippen MR) is 72.7 cm³/mol. The number of hydrogen-bond acceptors (Lipinski definition) is 5. The standard InChI is InChI=1S/C13H17N5O2/c1-2-10-14-15-11-5-6-12(16-18(10)11)17-7-3-4-9(8-17)13(19)20/h5-6,9H,2-4,7-8H2,1H3,(H,19,20). The summed E-state index contributed by atoms with van der Waals surface area (Å²) in [5, 5.41) is 21.8. The van der Waals surface area contributed by atoms with E-state index < -0.39 is 5.97 Å². The Morgan fingerprint density at radius 1 is 1.45 bits per heavy atom. The Kier molecular flexibility index (Phi) is 3.25. The van der Waals surface area contributed by atoms with Crippen molar-refractivity contribution in [3.8, 4) is 0 Å². The molecule has 0 bridgehead atoms. The Morgan fingerprint density at radius 2 is 2.30 bits per heavy atom. The Hall–Kier alpha value is -2.18. The molecule has 1 saturated heterocycles. The third kappa shape index (κ3) is 2.19. The molecule has 3 heterocycles. The number of aliphatic carboxylic acids is 1. The van der Waals surface area contributed by atoms with E-state index in [2.05, 4.69) is 15.3 Å². The number of nitrogens with zero attached hydrogens (tertiary/aromatic N) is 5. The molecule has 0 aromatic carbocycles. The fourth-order valence-electron chi connectivity index (χ4n) is 2.60. The number of carbonyl (C=O) groups is 1. The topological polar surface area (TPSA) is 83.6 Å². The van der Waals surface area contributed by atoms with Crippen LogP contribution in [0.5, 0.6) is 0 Å². The van der Waals surface area contributed by atoms with Crippen molar-refractivity contribution in [1.29, 1.82) is 0 Å². The van der Waals surface area contributed by atoms with Gasteiger partial charge in [-0.25, -0.2) is 0 Å². The van der Waals surface area contributed by atoms with Crippen LogP contribution in [-0.4, -0.2) is 44.0 Å². The summed E-state index contributed by atoms with van der Waals surface area (Å²) < 4.78 is 1.74. The lowest BCUT2D eigenvalue weighted by atomic mass is 9.98.